The lowest BCUT2D eigenvalue weighted by molar-refractivity contribution is -0.149. The van der Waals surface area contributed by atoms with Crippen molar-refractivity contribution in [3.05, 3.63) is 12.7 Å². The molecule has 10 heteroatoms. The molecule has 2 aromatic rings. The van der Waals surface area contributed by atoms with Gasteiger partial charge in [-0.1, -0.05) is 6.92 Å². The number of aliphatic hydroxyl groups excluding tert-OH is 4. The number of aliphatic hydroxyl groups is 4. The van der Waals surface area contributed by atoms with Gasteiger partial charge in [-0.2, -0.15) is 0 Å². The third-order valence-electron chi connectivity index (χ3n) is 4.26. The number of nitrogens with two attached hydrogens (primary N) is 1. The lowest BCUT2D eigenvalue weighted by atomic mass is 9.92. The maximum Gasteiger partial charge on any atom is 0.167 e. The summed E-state index contributed by atoms with van der Waals surface area (Å²) in [5.41, 5.74) is 6.37. The summed E-state index contributed by atoms with van der Waals surface area (Å²) in [5, 5.41) is 40.3. The fourth-order valence-electron chi connectivity index (χ4n) is 2.80. The molecule has 6 N–H and O–H groups in total. The molecule has 0 radical (unpaired) electrons. The topological polar surface area (TPSA) is 160 Å². The van der Waals surface area contributed by atoms with Crippen LogP contribution in [-0.2, 0) is 4.74 Å². The van der Waals surface area contributed by atoms with E-state index in [1.807, 2.05) is 0 Å². The molecule has 10 nitrogen and oxygen atoms in total. The third kappa shape index (κ3) is 2.54. The molecule has 0 amide bonds. The smallest absolute Gasteiger partial charge is 0.167 e. The number of nitrogens with zero attached hydrogens (tertiary/aromatic N) is 4. The number of hydrogen-bond donors (Lipinski definition) is 5. The van der Waals surface area contributed by atoms with Crippen LogP contribution in [0, 0.1) is 5.92 Å². The zero-order valence-corrected chi connectivity index (χ0v) is 12.4. The van der Waals surface area contributed by atoms with E-state index in [1.165, 1.54) is 17.2 Å². The zero-order valence-electron chi connectivity index (χ0n) is 12.4. The number of aromatic nitrogens is 4. The normalized spacial score (nSPS) is 35.3. The van der Waals surface area contributed by atoms with Crippen molar-refractivity contribution >= 4 is 17.0 Å². The Bertz CT molecular complexity index is 692. The Morgan fingerprint density at radius 1 is 1.17 bits per heavy atom. The van der Waals surface area contributed by atoms with E-state index in [2.05, 4.69) is 15.0 Å². The first-order chi connectivity index (χ1) is 11.0. The number of rotatable bonds is 2. The standard InChI is InChI=1S/C13H19N5O5/c1-5-8(20)6(2-19)23-13(10(22)9(5)21)18-4-17-7-11(14)15-3-16-12(7)18/h3-6,8-10,13,19-22H,2H2,1H3,(H2,14,15,16)/t5-,6-,8+,9-,10-,13-/m1/s1. The average molecular weight is 325 g/mol. The summed E-state index contributed by atoms with van der Waals surface area (Å²) in [6, 6.07) is 0. The summed E-state index contributed by atoms with van der Waals surface area (Å²) in [6.45, 7) is 1.10. The quantitative estimate of drug-likeness (QED) is 0.421. The Kier molecular flexibility index (Phi) is 4.17. The van der Waals surface area contributed by atoms with Crippen LogP contribution in [0.15, 0.2) is 12.7 Å². The van der Waals surface area contributed by atoms with Crippen LogP contribution < -0.4 is 5.73 Å². The van der Waals surface area contributed by atoms with Gasteiger partial charge in [-0.3, -0.25) is 4.57 Å². The van der Waals surface area contributed by atoms with Crippen molar-refractivity contribution in [1.82, 2.24) is 19.5 Å². The van der Waals surface area contributed by atoms with Crippen LogP contribution in [0.2, 0.25) is 0 Å². The van der Waals surface area contributed by atoms with Gasteiger partial charge in [0.2, 0.25) is 0 Å². The van der Waals surface area contributed by atoms with Gasteiger partial charge in [-0.05, 0) is 0 Å². The molecule has 0 spiro atoms. The second-order valence-corrected chi connectivity index (χ2v) is 5.66. The van der Waals surface area contributed by atoms with Crippen molar-refractivity contribution in [3.63, 3.8) is 0 Å². The van der Waals surface area contributed by atoms with E-state index in [4.69, 9.17) is 10.5 Å². The van der Waals surface area contributed by atoms with Crippen molar-refractivity contribution in [1.29, 1.82) is 0 Å². The van der Waals surface area contributed by atoms with Crippen LogP contribution in [-0.4, -0.2) is 71.0 Å². The zero-order chi connectivity index (χ0) is 16.7. The predicted molar refractivity (Wildman–Crippen MR) is 77.9 cm³/mol. The largest absolute Gasteiger partial charge is 0.394 e. The highest BCUT2D eigenvalue weighted by molar-refractivity contribution is 5.81. The van der Waals surface area contributed by atoms with Gasteiger partial charge in [-0.25, -0.2) is 15.0 Å². The van der Waals surface area contributed by atoms with Crippen LogP contribution in [0.4, 0.5) is 5.82 Å². The van der Waals surface area contributed by atoms with Gasteiger partial charge in [0.1, 0.15) is 24.1 Å². The molecule has 3 heterocycles. The van der Waals surface area contributed by atoms with Crippen molar-refractivity contribution in [2.75, 3.05) is 12.3 Å². The minimum Gasteiger partial charge on any atom is -0.394 e. The first-order valence-corrected chi connectivity index (χ1v) is 7.19. The molecular weight excluding hydrogens is 306 g/mol. The summed E-state index contributed by atoms with van der Waals surface area (Å²) in [7, 11) is 0. The maximum absolute atomic E-state index is 10.4. The second-order valence-electron chi connectivity index (χ2n) is 5.66. The Labute approximate surface area is 131 Å². The van der Waals surface area contributed by atoms with Crippen molar-refractivity contribution in [3.8, 4) is 0 Å². The molecule has 2 aromatic heterocycles. The summed E-state index contributed by atoms with van der Waals surface area (Å²) < 4.78 is 7.03. The van der Waals surface area contributed by atoms with E-state index in [0.717, 1.165) is 0 Å². The van der Waals surface area contributed by atoms with Gasteiger partial charge in [0.05, 0.1) is 25.1 Å². The maximum atomic E-state index is 10.4. The fraction of sp³-hybridized carbons (Fsp3) is 0.615. The second kappa shape index (κ2) is 5.98. The van der Waals surface area contributed by atoms with Crippen LogP contribution in [0.3, 0.4) is 0 Å². The van der Waals surface area contributed by atoms with E-state index in [1.54, 1.807) is 6.92 Å². The van der Waals surface area contributed by atoms with E-state index >= 15 is 0 Å². The summed E-state index contributed by atoms with van der Waals surface area (Å²) in [4.78, 5) is 12.0. The minimum absolute atomic E-state index is 0.171. The molecule has 1 aliphatic rings. The molecule has 0 aromatic carbocycles. The molecule has 6 atom stereocenters. The lowest BCUT2D eigenvalue weighted by Gasteiger charge is -2.27. The van der Waals surface area contributed by atoms with Crippen molar-refractivity contribution in [2.45, 2.75) is 37.6 Å². The number of hydrogen-bond acceptors (Lipinski definition) is 9. The van der Waals surface area contributed by atoms with Gasteiger partial charge < -0.3 is 30.9 Å². The molecule has 0 unspecified atom stereocenters. The SMILES string of the molecule is C[C@H]1[C@@H](O)[C@@H](O)[C@H](n2cnc3c(N)ncnc32)O[C@H](CO)[C@H]1O. The molecule has 0 saturated carbocycles. The van der Waals surface area contributed by atoms with Crippen LogP contribution >= 0.6 is 0 Å². The first kappa shape index (κ1) is 16.0. The van der Waals surface area contributed by atoms with E-state index in [9.17, 15) is 20.4 Å². The highest BCUT2D eigenvalue weighted by Gasteiger charge is 2.44. The predicted octanol–water partition coefficient (Wildman–Crippen LogP) is -1.98. The molecular formula is C13H19N5O5. The number of fused-ring (bicyclic) bond motifs is 1. The fourth-order valence-corrected chi connectivity index (χ4v) is 2.80. The number of anilines is 1. The summed E-state index contributed by atoms with van der Waals surface area (Å²) in [6.07, 6.45) is -3.22. The average Bonchev–Trinajstić information content (AvgIpc) is 2.95. The molecule has 126 valence electrons. The number of ether oxygens (including phenoxy) is 1. The van der Waals surface area contributed by atoms with Crippen LogP contribution in [0.25, 0.3) is 11.2 Å². The van der Waals surface area contributed by atoms with Gasteiger partial charge in [0, 0.05) is 5.92 Å². The molecule has 0 aliphatic carbocycles. The Morgan fingerprint density at radius 2 is 1.91 bits per heavy atom. The Balaban J connectivity index is 2.06. The number of nitrogen functional groups attached to an aromatic ring is 1. The number of imidazole rings is 1. The van der Waals surface area contributed by atoms with Crippen LogP contribution in [0.1, 0.15) is 13.2 Å². The molecule has 1 fully saturated rings. The van der Waals surface area contributed by atoms with E-state index in [0.29, 0.717) is 11.2 Å². The molecule has 1 saturated heterocycles. The Hall–Kier alpha value is -1.85. The van der Waals surface area contributed by atoms with Crippen molar-refractivity contribution < 1.29 is 25.2 Å². The van der Waals surface area contributed by atoms with E-state index in [-0.39, 0.29) is 5.82 Å². The minimum atomic E-state index is -1.36. The molecule has 0 bridgehead atoms. The molecule has 23 heavy (non-hydrogen) atoms. The van der Waals surface area contributed by atoms with Gasteiger partial charge in [0.15, 0.2) is 17.7 Å². The van der Waals surface area contributed by atoms with E-state index < -0.39 is 43.2 Å². The highest BCUT2D eigenvalue weighted by atomic mass is 16.5. The third-order valence-corrected chi connectivity index (χ3v) is 4.26. The summed E-state index contributed by atoms with van der Waals surface area (Å²) in [5.74, 6) is -0.522. The monoisotopic (exact) mass is 325 g/mol. The van der Waals surface area contributed by atoms with Gasteiger partial charge in [0.25, 0.3) is 0 Å². The van der Waals surface area contributed by atoms with Gasteiger partial charge in [-0.15, -0.1) is 0 Å². The van der Waals surface area contributed by atoms with Crippen molar-refractivity contribution in [2.24, 2.45) is 5.92 Å². The van der Waals surface area contributed by atoms with Gasteiger partial charge >= 0.3 is 0 Å². The van der Waals surface area contributed by atoms with Crippen LogP contribution in [0.5, 0.6) is 0 Å². The molecule has 1 aliphatic heterocycles. The Morgan fingerprint density at radius 3 is 2.61 bits per heavy atom. The highest BCUT2D eigenvalue weighted by Crippen LogP contribution is 2.32. The molecule has 3 rings (SSSR count). The lowest BCUT2D eigenvalue weighted by Crippen LogP contribution is -2.41. The summed E-state index contributed by atoms with van der Waals surface area (Å²) >= 11 is 0. The first-order valence-electron chi connectivity index (χ1n) is 7.19.